The number of azide groups is 1. The minimum atomic E-state index is -3.75. The van der Waals surface area contributed by atoms with Crippen LogP contribution in [-0.4, -0.2) is 25.5 Å². The standard InChI is InChI=1S/C15H16N4O4S/c1-11-3-5-13(6-4-11)24(21,22)19-8-7-12(10-19)14(17-18-16)9-15(20)23-2/h3-8,10,14H,9H2,1-2H3. The number of carbonyl (C=O) groups is 1. The van der Waals surface area contributed by atoms with Crippen LogP contribution in [0.4, 0.5) is 0 Å². The molecule has 0 saturated heterocycles. The quantitative estimate of drug-likeness (QED) is 0.345. The van der Waals surface area contributed by atoms with E-state index in [9.17, 15) is 13.2 Å². The van der Waals surface area contributed by atoms with Gasteiger partial charge in [0.2, 0.25) is 0 Å². The molecule has 1 aromatic carbocycles. The highest BCUT2D eigenvalue weighted by molar-refractivity contribution is 7.90. The lowest BCUT2D eigenvalue weighted by molar-refractivity contribution is -0.141. The molecule has 8 nitrogen and oxygen atoms in total. The van der Waals surface area contributed by atoms with E-state index in [4.69, 9.17) is 5.53 Å². The Morgan fingerprint density at radius 3 is 2.58 bits per heavy atom. The van der Waals surface area contributed by atoms with E-state index >= 15 is 0 Å². The first kappa shape index (κ1) is 17.6. The van der Waals surface area contributed by atoms with Crippen molar-refractivity contribution >= 4 is 16.0 Å². The van der Waals surface area contributed by atoms with Gasteiger partial charge in [-0.2, -0.15) is 0 Å². The number of aromatic nitrogens is 1. The molecule has 2 aromatic rings. The predicted molar refractivity (Wildman–Crippen MR) is 86.7 cm³/mol. The molecule has 0 N–H and O–H groups in total. The monoisotopic (exact) mass is 348 g/mol. The SMILES string of the molecule is COC(=O)CC(N=[N+]=[N-])c1ccn(S(=O)(=O)c2ccc(C)cc2)c1. The summed E-state index contributed by atoms with van der Waals surface area (Å²) in [5.74, 6) is -0.554. The van der Waals surface area contributed by atoms with Crippen LogP contribution in [0.2, 0.25) is 0 Å². The van der Waals surface area contributed by atoms with Gasteiger partial charge in [-0.05, 0) is 36.2 Å². The second-order valence-electron chi connectivity index (χ2n) is 5.09. The van der Waals surface area contributed by atoms with Crippen LogP contribution in [0.5, 0.6) is 0 Å². The van der Waals surface area contributed by atoms with Crippen molar-refractivity contribution in [2.75, 3.05) is 7.11 Å². The fraction of sp³-hybridized carbons (Fsp3) is 0.267. The van der Waals surface area contributed by atoms with E-state index in [1.54, 1.807) is 12.1 Å². The number of rotatable bonds is 6. The van der Waals surface area contributed by atoms with Gasteiger partial charge >= 0.3 is 5.97 Å². The van der Waals surface area contributed by atoms with Crippen LogP contribution in [-0.2, 0) is 19.6 Å². The number of nitrogens with zero attached hydrogens (tertiary/aromatic N) is 4. The smallest absolute Gasteiger partial charge is 0.306 e. The summed E-state index contributed by atoms with van der Waals surface area (Å²) in [7, 11) is -2.53. The van der Waals surface area contributed by atoms with Gasteiger partial charge in [0.05, 0.1) is 24.5 Å². The van der Waals surface area contributed by atoms with Crippen molar-refractivity contribution in [3.63, 3.8) is 0 Å². The number of hydrogen-bond donors (Lipinski definition) is 0. The Kier molecular flexibility index (Phi) is 5.28. The van der Waals surface area contributed by atoms with Crippen LogP contribution in [0, 0.1) is 6.92 Å². The van der Waals surface area contributed by atoms with Crippen molar-refractivity contribution in [1.29, 1.82) is 0 Å². The van der Waals surface area contributed by atoms with E-state index in [2.05, 4.69) is 14.8 Å². The lowest BCUT2D eigenvalue weighted by atomic mass is 10.1. The second-order valence-corrected chi connectivity index (χ2v) is 6.94. The number of hydrogen-bond acceptors (Lipinski definition) is 5. The van der Waals surface area contributed by atoms with Gasteiger partial charge in [0.15, 0.2) is 0 Å². The maximum Gasteiger partial charge on any atom is 0.306 e. The Balaban J connectivity index is 2.36. The largest absolute Gasteiger partial charge is 0.469 e. The molecule has 0 aliphatic rings. The van der Waals surface area contributed by atoms with Crippen LogP contribution in [0.25, 0.3) is 10.4 Å². The van der Waals surface area contributed by atoms with Gasteiger partial charge in [0, 0.05) is 17.3 Å². The normalized spacial score (nSPS) is 12.2. The Morgan fingerprint density at radius 2 is 2.00 bits per heavy atom. The molecule has 0 aliphatic heterocycles. The van der Waals surface area contributed by atoms with Crippen molar-refractivity contribution in [3.05, 3.63) is 64.3 Å². The zero-order chi connectivity index (χ0) is 17.7. The topological polar surface area (TPSA) is 114 Å². The molecule has 24 heavy (non-hydrogen) atoms. The number of methoxy groups -OCH3 is 1. The second kappa shape index (κ2) is 7.20. The summed E-state index contributed by atoms with van der Waals surface area (Å²) in [4.78, 5) is 14.2. The number of benzene rings is 1. The molecule has 0 amide bonds. The molecule has 0 saturated carbocycles. The molecule has 126 valence electrons. The van der Waals surface area contributed by atoms with E-state index in [0.29, 0.717) is 5.56 Å². The van der Waals surface area contributed by atoms with Gasteiger partial charge in [0.25, 0.3) is 10.0 Å². The molecule has 0 spiro atoms. The van der Waals surface area contributed by atoms with Crippen LogP contribution in [0.1, 0.15) is 23.6 Å². The minimum absolute atomic E-state index is 0.142. The Hall–Kier alpha value is -2.77. The van der Waals surface area contributed by atoms with Gasteiger partial charge in [-0.15, -0.1) is 0 Å². The number of aryl methyl sites for hydroxylation is 1. The van der Waals surface area contributed by atoms with E-state index in [1.165, 1.54) is 37.7 Å². The third-order valence-corrected chi connectivity index (χ3v) is 5.10. The van der Waals surface area contributed by atoms with Gasteiger partial charge < -0.3 is 4.74 Å². The average molecular weight is 348 g/mol. The molecular weight excluding hydrogens is 332 g/mol. The molecule has 0 aliphatic carbocycles. The van der Waals surface area contributed by atoms with E-state index in [0.717, 1.165) is 9.54 Å². The van der Waals surface area contributed by atoms with Crippen molar-refractivity contribution in [2.45, 2.75) is 24.3 Å². The maximum absolute atomic E-state index is 12.6. The number of ether oxygens (including phenoxy) is 1. The Morgan fingerprint density at radius 1 is 1.33 bits per heavy atom. The average Bonchev–Trinajstić information content (AvgIpc) is 3.05. The number of carbonyl (C=O) groups excluding carboxylic acids is 1. The lowest BCUT2D eigenvalue weighted by Crippen LogP contribution is -2.11. The predicted octanol–water partition coefficient (Wildman–Crippen LogP) is 2.95. The first-order chi connectivity index (χ1) is 11.4. The molecule has 2 rings (SSSR count). The first-order valence-corrected chi connectivity index (χ1v) is 8.43. The van der Waals surface area contributed by atoms with Gasteiger partial charge in [-0.25, -0.2) is 12.4 Å². The highest BCUT2D eigenvalue weighted by Crippen LogP contribution is 2.24. The molecule has 1 unspecified atom stereocenters. The summed E-state index contributed by atoms with van der Waals surface area (Å²) in [5.41, 5.74) is 9.99. The summed E-state index contributed by atoms with van der Waals surface area (Å²) >= 11 is 0. The molecule has 0 radical (unpaired) electrons. The zero-order valence-corrected chi connectivity index (χ0v) is 14.0. The molecule has 0 fully saturated rings. The summed E-state index contributed by atoms with van der Waals surface area (Å²) in [6.45, 7) is 1.86. The van der Waals surface area contributed by atoms with Crippen LogP contribution >= 0.6 is 0 Å². The van der Waals surface area contributed by atoms with Crippen LogP contribution in [0.3, 0.4) is 0 Å². The molecule has 1 heterocycles. The van der Waals surface area contributed by atoms with E-state index < -0.39 is 22.0 Å². The van der Waals surface area contributed by atoms with E-state index in [-0.39, 0.29) is 11.3 Å². The van der Waals surface area contributed by atoms with Gasteiger partial charge in [-0.3, -0.25) is 4.79 Å². The summed E-state index contributed by atoms with van der Waals surface area (Å²) in [5, 5.41) is 3.53. The third-order valence-electron chi connectivity index (χ3n) is 3.45. The molecule has 1 aromatic heterocycles. The molecular formula is C15H16N4O4S. The summed E-state index contributed by atoms with van der Waals surface area (Å²) in [6, 6.07) is 7.10. The number of esters is 1. The highest BCUT2D eigenvalue weighted by atomic mass is 32.2. The van der Waals surface area contributed by atoms with Gasteiger partial charge in [-0.1, -0.05) is 22.8 Å². The maximum atomic E-state index is 12.6. The van der Waals surface area contributed by atoms with Crippen molar-refractivity contribution < 1.29 is 17.9 Å². The van der Waals surface area contributed by atoms with E-state index in [1.807, 2.05) is 6.92 Å². The Bertz CT molecular complexity index is 880. The van der Waals surface area contributed by atoms with Crippen LogP contribution in [0.15, 0.2) is 52.7 Å². The summed E-state index contributed by atoms with van der Waals surface area (Å²) < 4.78 is 30.8. The zero-order valence-electron chi connectivity index (χ0n) is 13.2. The highest BCUT2D eigenvalue weighted by Gasteiger charge is 2.21. The third kappa shape index (κ3) is 3.76. The van der Waals surface area contributed by atoms with Crippen molar-refractivity contribution in [3.8, 4) is 0 Å². The molecule has 9 heteroatoms. The van der Waals surface area contributed by atoms with Crippen molar-refractivity contribution in [1.82, 2.24) is 3.97 Å². The van der Waals surface area contributed by atoms with Gasteiger partial charge in [0.1, 0.15) is 0 Å². The lowest BCUT2D eigenvalue weighted by Gasteiger charge is -2.08. The fourth-order valence-corrected chi connectivity index (χ4v) is 3.31. The Labute approximate surface area is 139 Å². The minimum Gasteiger partial charge on any atom is -0.469 e. The summed E-state index contributed by atoms with van der Waals surface area (Å²) in [6.07, 6.45) is 2.51. The first-order valence-electron chi connectivity index (χ1n) is 6.99. The molecule has 1 atom stereocenters. The van der Waals surface area contributed by atoms with Crippen molar-refractivity contribution in [2.24, 2.45) is 5.11 Å². The molecule has 0 bridgehead atoms. The van der Waals surface area contributed by atoms with Crippen LogP contribution < -0.4 is 0 Å². The fourth-order valence-electron chi connectivity index (χ4n) is 2.10.